The van der Waals surface area contributed by atoms with Crippen molar-refractivity contribution in [3.8, 4) is 0 Å². The molecule has 2 aromatic rings. The highest BCUT2D eigenvalue weighted by Gasteiger charge is 2.35. The van der Waals surface area contributed by atoms with Crippen molar-refractivity contribution in [2.45, 2.75) is 38.0 Å². The number of hydrogen-bond acceptors (Lipinski definition) is 1. The molecule has 2 N–H and O–H groups in total. The zero-order valence-corrected chi connectivity index (χ0v) is 11.1. The first-order valence-electron chi connectivity index (χ1n) is 6.96. The molecular weight excluding hydrogens is 218 g/mol. The highest BCUT2D eigenvalue weighted by Crippen LogP contribution is 2.43. The SMILES string of the molecule is Cc1cccc2cccc(C3(CN)CCCC3)c12. The third-order valence-electron chi connectivity index (χ3n) is 4.64. The molecule has 2 aromatic carbocycles. The van der Waals surface area contributed by atoms with Crippen LogP contribution in [-0.4, -0.2) is 6.54 Å². The Kier molecular flexibility index (Phi) is 2.87. The molecule has 0 amide bonds. The lowest BCUT2D eigenvalue weighted by molar-refractivity contribution is 0.457. The van der Waals surface area contributed by atoms with Gasteiger partial charge in [-0.15, -0.1) is 0 Å². The Balaban J connectivity index is 2.28. The smallest absolute Gasteiger partial charge is 0.00818 e. The van der Waals surface area contributed by atoms with E-state index >= 15 is 0 Å². The van der Waals surface area contributed by atoms with Gasteiger partial charge < -0.3 is 5.73 Å². The summed E-state index contributed by atoms with van der Waals surface area (Å²) >= 11 is 0. The lowest BCUT2D eigenvalue weighted by Crippen LogP contribution is -2.32. The Morgan fingerprint density at radius 2 is 1.72 bits per heavy atom. The largest absolute Gasteiger partial charge is 0.330 e. The average Bonchev–Trinajstić information content (AvgIpc) is 2.88. The predicted octanol–water partition coefficient (Wildman–Crippen LogP) is 3.92. The molecule has 1 aliphatic rings. The Morgan fingerprint density at radius 1 is 1.06 bits per heavy atom. The fraction of sp³-hybridized carbons (Fsp3) is 0.412. The van der Waals surface area contributed by atoms with E-state index in [0.29, 0.717) is 0 Å². The van der Waals surface area contributed by atoms with Crippen LogP contribution in [0.4, 0.5) is 0 Å². The molecule has 0 atom stereocenters. The molecule has 1 fully saturated rings. The molecule has 0 radical (unpaired) electrons. The molecule has 1 heteroatoms. The minimum atomic E-state index is 0.228. The monoisotopic (exact) mass is 239 g/mol. The average molecular weight is 239 g/mol. The van der Waals surface area contributed by atoms with Crippen molar-refractivity contribution >= 4 is 10.8 Å². The normalized spacial score (nSPS) is 18.3. The quantitative estimate of drug-likeness (QED) is 0.844. The number of aryl methyl sites for hydroxylation is 1. The Bertz CT molecular complexity index is 560. The highest BCUT2D eigenvalue weighted by molar-refractivity contribution is 5.89. The van der Waals surface area contributed by atoms with Crippen LogP contribution >= 0.6 is 0 Å². The van der Waals surface area contributed by atoms with Crippen LogP contribution in [0.25, 0.3) is 10.8 Å². The van der Waals surface area contributed by atoms with E-state index in [9.17, 15) is 0 Å². The van der Waals surface area contributed by atoms with Crippen molar-refractivity contribution in [3.63, 3.8) is 0 Å². The zero-order chi connectivity index (χ0) is 12.6. The van der Waals surface area contributed by atoms with E-state index in [1.54, 1.807) is 0 Å². The zero-order valence-electron chi connectivity index (χ0n) is 11.1. The topological polar surface area (TPSA) is 26.0 Å². The molecule has 94 valence electrons. The van der Waals surface area contributed by atoms with Gasteiger partial charge in [-0.1, -0.05) is 49.2 Å². The van der Waals surface area contributed by atoms with Crippen LogP contribution in [0.15, 0.2) is 36.4 Å². The standard InChI is InChI=1S/C17H21N/c1-13-6-4-7-14-8-5-9-15(16(13)14)17(12-18)10-2-3-11-17/h4-9H,2-3,10-12,18H2,1H3. The van der Waals surface area contributed by atoms with E-state index in [2.05, 4.69) is 43.3 Å². The maximum Gasteiger partial charge on any atom is 0.00818 e. The Morgan fingerprint density at radius 3 is 2.39 bits per heavy atom. The molecule has 1 aliphatic carbocycles. The molecular formula is C17H21N. The molecule has 18 heavy (non-hydrogen) atoms. The first-order chi connectivity index (χ1) is 8.77. The van der Waals surface area contributed by atoms with Gasteiger partial charge in [-0.3, -0.25) is 0 Å². The molecule has 0 aromatic heterocycles. The lowest BCUT2D eigenvalue weighted by atomic mass is 9.76. The second kappa shape index (κ2) is 4.40. The van der Waals surface area contributed by atoms with Gasteiger partial charge in [0.2, 0.25) is 0 Å². The van der Waals surface area contributed by atoms with Gasteiger partial charge in [0.15, 0.2) is 0 Å². The minimum Gasteiger partial charge on any atom is -0.330 e. The van der Waals surface area contributed by atoms with Crippen molar-refractivity contribution in [2.75, 3.05) is 6.54 Å². The van der Waals surface area contributed by atoms with Gasteiger partial charge in [0.1, 0.15) is 0 Å². The molecule has 0 saturated heterocycles. The van der Waals surface area contributed by atoms with Crippen LogP contribution in [0.1, 0.15) is 36.8 Å². The highest BCUT2D eigenvalue weighted by atomic mass is 14.6. The number of rotatable bonds is 2. The van der Waals surface area contributed by atoms with Crippen LogP contribution in [-0.2, 0) is 5.41 Å². The van der Waals surface area contributed by atoms with Crippen molar-refractivity contribution in [3.05, 3.63) is 47.5 Å². The summed E-state index contributed by atoms with van der Waals surface area (Å²) in [5.41, 5.74) is 9.23. The lowest BCUT2D eigenvalue weighted by Gasteiger charge is -2.30. The maximum absolute atomic E-state index is 6.14. The van der Waals surface area contributed by atoms with Crippen molar-refractivity contribution < 1.29 is 0 Å². The third kappa shape index (κ3) is 1.65. The third-order valence-corrected chi connectivity index (χ3v) is 4.64. The first kappa shape index (κ1) is 11.7. The Labute approximate surface area is 109 Å². The molecule has 1 saturated carbocycles. The van der Waals surface area contributed by atoms with Gasteiger partial charge in [-0.05, 0) is 41.7 Å². The summed E-state index contributed by atoms with van der Waals surface area (Å²) in [5.74, 6) is 0. The van der Waals surface area contributed by atoms with Gasteiger partial charge in [0, 0.05) is 12.0 Å². The summed E-state index contributed by atoms with van der Waals surface area (Å²) in [6.45, 7) is 2.99. The van der Waals surface area contributed by atoms with Crippen molar-refractivity contribution in [2.24, 2.45) is 5.73 Å². The molecule has 0 spiro atoms. The van der Waals surface area contributed by atoms with E-state index in [1.165, 1.54) is 47.6 Å². The molecule has 0 bridgehead atoms. The van der Waals surface area contributed by atoms with Crippen molar-refractivity contribution in [1.82, 2.24) is 0 Å². The number of benzene rings is 2. The summed E-state index contributed by atoms with van der Waals surface area (Å²) in [7, 11) is 0. The molecule has 0 aliphatic heterocycles. The van der Waals surface area contributed by atoms with Crippen LogP contribution in [0.5, 0.6) is 0 Å². The minimum absolute atomic E-state index is 0.228. The van der Waals surface area contributed by atoms with Crippen LogP contribution < -0.4 is 5.73 Å². The summed E-state index contributed by atoms with van der Waals surface area (Å²) in [6, 6.07) is 13.3. The predicted molar refractivity (Wildman–Crippen MR) is 77.9 cm³/mol. The second-order valence-electron chi connectivity index (χ2n) is 5.67. The van der Waals surface area contributed by atoms with E-state index in [1.807, 2.05) is 0 Å². The van der Waals surface area contributed by atoms with E-state index in [4.69, 9.17) is 5.73 Å². The second-order valence-corrected chi connectivity index (χ2v) is 5.67. The molecule has 1 nitrogen and oxygen atoms in total. The summed E-state index contributed by atoms with van der Waals surface area (Å²) in [6.07, 6.45) is 5.13. The first-order valence-corrected chi connectivity index (χ1v) is 6.96. The number of fused-ring (bicyclic) bond motifs is 1. The number of nitrogens with two attached hydrogens (primary N) is 1. The van der Waals surface area contributed by atoms with Gasteiger partial charge in [-0.2, -0.15) is 0 Å². The van der Waals surface area contributed by atoms with Crippen molar-refractivity contribution in [1.29, 1.82) is 0 Å². The summed E-state index contributed by atoms with van der Waals surface area (Å²) in [5, 5.41) is 2.79. The van der Waals surface area contributed by atoms with Gasteiger partial charge in [0.25, 0.3) is 0 Å². The van der Waals surface area contributed by atoms with Crippen LogP contribution in [0, 0.1) is 6.92 Å². The van der Waals surface area contributed by atoms with Crippen LogP contribution in [0.3, 0.4) is 0 Å². The summed E-state index contributed by atoms with van der Waals surface area (Å²) in [4.78, 5) is 0. The fourth-order valence-corrected chi connectivity index (χ4v) is 3.61. The van der Waals surface area contributed by atoms with E-state index in [-0.39, 0.29) is 5.41 Å². The fourth-order valence-electron chi connectivity index (χ4n) is 3.61. The molecule has 3 rings (SSSR count). The Hall–Kier alpha value is -1.34. The van der Waals surface area contributed by atoms with Gasteiger partial charge >= 0.3 is 0 Å². The van der Waals surface area contributed by atoms with E-state index < -0.39 is 0 Å². The maximum atomic E-state index is 6.14. The van der Waals surface area contributed by atoms with E-state index in [0.717, 1.165) is 6.54 Å². The molecule has 0 unspecified atom stereocenters. The van der Waals surface area contributed by atoms with Gasteiger partial charge in [-0.25, -0.2) is 0 Å². The summed E-state index contributed by atoms with van der Waals surface area (Å²) < 4.78 is 0. The molecule has 0 heterocycles. The number of hydrogen-bond donors (Lipinski definition) is 1. The van der Waals surface area contributed by atoms with Gasteiger partial charge in [0.05, 0.1) is 0 Å². The van der Waals surface area contributed by atoms with Crippen LogP contribution in [0.2, 0.25) is 0 Å².